The molecular formula is C16H15NO2S. The average molecular weight is 285 g/mol. The molecule has 0 atom stereocenters. The zero-order valence-electron chi connectivity index (χ0n) is 10.9. The van der Waals surface area contributed by atoms with Crippen molar-refractivity contribution in [1.82, 2.24) is 0 Å². The third-order valence-electron chi connectivity index (χ3n) is 2.43. The van der Waals surface area contributed by atoms with E-state index in [0.717, 1.165) is 16.3 Å². The molecule has 2 rings (SSSR count). The minimum atomic E-state index is -0.154. The molecule has 0 fully saturated rings. The smallest absolute Gasteiger partial charge is 0.248 e. The molecule has 1 aromatic heterocycles. The Bertz CT molecular complexity index is 585. The van der Waals surface area contributed by atoms with E-state index in [0.29, 0.717) is 6.61 Å². The quantitative estimate of drug-likeness (QED) is 0.644. The summed E-state index contributed by atoms with van der Waals surface area (Å²) in [6.07, 6.45) is 5.00. The number of thiophene rings is 1. The number of rotatable bonds is 6. The second-order valence-electron chi connectivity index (χ2n) is 3.96. The van der Waals surface area contributed by atoms with Crippen LogP contribution in [0.15, 0.2) is 60.5 Å². The van der Waals surface area contributed by atoms with Gasteiger partial charge in [0, 0.05) is 16.6 Å². The highest BCUT2D eigenvalue weighted by Gasteiger charge is 1.99. The lowest BCUT2D eigenvalue weighted by molar-refractivity contribution is -0.111. The molecule has 0 spiro atoms. The van der Waals surface area contributed by atoms with Crippen molar-refractivity contribution in [2.24, 2.45) is 0 Å². The fraction of sp³-hybridized carbons (Fsp3) is 0.0625. The van der Waals surface area contributed by atoms with Gasteiger partial charge in [-0.15, -0.1) is 11.3 Å². The van der Waals surface area contributed by atoms with E-state index in [1.165, 1.54) is 6.08 Å². The van der Waals surface area contributed by atoms with Gasteiger partial charge in [-0.25, -0.2) is 0 Å². The molecule has 1 aromatic carbocycles. The fourth-order valence-corrected chi connectivity index (χ4v) is 2.14. The number of carbonyl (C=O) groups is 1. The molecule has 0 saturated heterocycles. The highest BCUT2D eigenvalue weighted by atomic mass is 32.1. The van der Waals surface area contributed by atoms with Crippen LogP contribution in [0, 0.1) is 0 Å². The van der Waals surface area contributed by atoms with E-state index < -0.39 is 0 Å². The first-order chi connectivity index (χ1) is 9.78. The molecule has 1 N–H and O–H groups in total. The standard InChI is InChI=1S/C16H15NO2S/c1-2-11-19-14-7-5-13(6-8-14)17-16(18)10-9-15-4-3-12-20-15/h2-10,12H,1,11H2,(H,17,18). The summed E-state index contributed by atoms with van der Waals surface area (Å²) in [6, 6.07) is 11.1. The zero-order valence-corrected chi connectivity index (χ0v) is 11.7. The van der Waals surface area contributed by atoms with Crippen LogP contribution in [0.2, 0.25) is 0 Å². The van der Waals surface area contributed by atoms with Gasteiger partial charge in [-0.05, 0) is 41.8 Å². The van der Waals surface area contributed by atoms with Gasteiger partial charge in [-0.3, -0.25) is 4.79 Å². The van der Waals surface area contributed by atoms with Gasteiger partial charge in [0.25, 0.3) is 0 Å². The van der Waals surface area contributed by atoms with Crippen LogP contribution < -0.4 is 10.1 Å². The van der Waals surface area contributed by atoms with Crippen molar-refractivity contribution in [2.45, 2.75) is 0 Å². The Balaban J connectivity index is 1.89. The molecule has 4 heteroatoms. The van der Waals surface area contributed by atoms with E-state index in [2.05, 4.69) is 11.9 Å². The number of ether oxygens (including phenoxy) is 1. The van der Waals surface area contributed by atoms with Crippen LogP contribution in [0.1, 0.15) is 4.88 Å². The number of carbonyl (C=O) groups excluding carboxylic acids is 1. The molecule has 0 bridgehead atoms. The molecule has 0 radical (unpaired) electrons. The molecule has 1 amide bonds. The van der Waals surface area contributed by atoms with Gasteiger partial charge in [0.1, 0.15) is 12.4 Å². The van der Waals surface area contributed by atoms with Crippen LogP contribution in [-0.2, 0) is 4.79 Å². The first-order valence-electron chi connectivity index (χ1n) is 6.14. The van der Waals surface area contributed by atoms with Crippen LogP contribution in [0.5, 0.6) is 5.75 Å². The number of hydrogen-bond acceptors (Lipinski definition) is 3. The predicted octanol–water partition coefficient (Wildman–Crippen LogP) is 3.96. The summed E-state index contributed by atoms with van der Waals surface area (Å²) >= 11 is 1.59. The van der Waals surface area contributed by atoms with E-state index in [4.69, 9.17) is 4.74 Å². The summed E-state index contributed by atoms with van der Waals surface area (Å²) < 4.78 is 5.37. The molecule has 0 aliphatic carbocycles. The number of nitrogens with one attached hydrogen (secondary N) is 1. The van der Waals surface area contributed by atoms with Crippen molar-refractivity contribution in [3.8, 4) is 5.75 Å². The number of hydrogen-bond donors (Lipinski definition) is 1. The lowest BCUT2D eigenvalue weighted by atomic mass is 10.3. The molecule has 2 aromatic rings. The third-order valence-corrected chi connectivity index (χ3v) is 3.27. The summed E-state index contributed by atoms with van der Waals surface area (Å²) in [5.41, 5.74) is 0.733. The fourth-order valence-electron chi connectivity index (χ4n) is 1.52. The molecular weight excluding hydrogens is 270 g/mol. The Labute approximate surface area is 122 Å². The Hall–Kier alpha value is -2.33. The van der Waals surface area contributed by atoms with Gasteiger partial charge < -0.3 is 10.1 Å². The molecule has 0 saturated carbocycles. The Kier molecular flexibility index (Phi) is 5.15. The highest BCUT2D eigenvalue weighted by Crippen LogP contribution is 2.16. The maximum absolute atomic E-state index is 11.7. The number of anilines is 1. The van der Waals surface area contributed by atoms with Crippen molar-refractivity contribution in [3.05, 3.63) is 65.4 Å². The molecule has 0 aliphatic heterocycles. The summed E-state index contributed by atoms with van der Waals surface area (Å²) in [4.78, 5) is 12.8. The third kappa shape index (κ3) is 4.40. The summed E-state index contributed by atoms with van der Waals surface area (Å²) in [5, 5.41) is 4.76. The van der Waals surface area contributed by atoms with Gasteiger partial charge in [0.05, 0.1) is 0 Å². The molecule has 0 unspecified atom stereocenters. The van der Waals surface area contributed by atoms with Crippen LogP contribution >= 0.6 is 11.3 Å². The van der Waals surface area contributed by atoms with Crippen molar-refractivity contribution < 1.29 is 9.53 Å². The molecule has 0 aliphatic rings. The topological polar surface area (TPSA) is 38.3 Å². The predicted molar refractivity (Wildman–Crippen MR) is 84.1 cm³/mol. The lowest BCUT2D eigenvalue weighted by Crippen LogP contribution is -2.07. The van der Waals surface area contributed by atoms with Crippen molar-refractivity contribution >= 4 is 29.0 Å². The molecule has 20 heavy (non-hydrogen) atoms. The monoisotopic (exact) mass is 285 g/mol. The van der Waals surface area contributed by atoms with Crippen LogP contribution in [-0.4, -0.2) is 12.5 Å². The van der Waals surface area contributed by atoms with Gasteiger partial charge in [0.15, 0.2) is 0 Å². The maximum Gasteiger partial charge on any atom is 0.248 e. The van der Waals surface area contributed by atoms with E-state index in [1.54, 1.807) is 35.6 Å². The SMILES string of the molecule is C=CCOc1ccc(NC(=O)C=Cc2cccs2)cc1. The summed E-state index contributed by atoms with van der Waals surface area (Å²) in [7, 11) is 0. The highest BCUT2D eigenvalue weighted by molar-refractivity contribution is 7.10. The Morgan fingerprint density at radius 3 is 2.75 bits per heavy atom. The first-order valence-corrected chi connectivity index (χ1v) is 7.02. The average Bonchev–Trinajstić information content (AvgIpc) is 2.98. The largest absolute Gasteiger partial charge is 0.490 e. The minimum Gasteiger partial charge on any atom is -0.490 e. The van der Waals surface area contributed by atoms with Gasteiger partial charge >= 0.3 is 0 Å². The molecule has 102 valence electrons. The van der Waals surface area contributed by atoms with Gasteiger partial charge in [-0.1, -0.05) is 18.7 Å². The van der Waals surface area contributed by atoms with Crippen LogP contribution in [0.25, 0.3) is 6.08 Å². The Morgan fingerprint density at radius 2 is 2.10 bits per heavy atom. The van der Waals surface area contributed by atoms with Crippen molar-refractivity contribution in [3.63, 3.8) is 0 Å². The number of amides is 1. The van der Waals surface area contributed by atoms with Crippen LogP contribution in [0.4, 0.5) is 5.69 Å². The second kappa shape index (κ2) is 7.31. The van der Waals surface area contributed by atoms with E-state index >= 15 is 0 Å². The Morgan fingerprint density at radius 1 is 1.30 bits per heavy atom. The lowest BCUT2D eigenvalue weighted by Gasteiger charge is -2.05. The second-order valence-corrected chi connectivity index (χ2v) is 4.94. The molecule has 3 nitrogen and oxygen atoms in total. The van der Waals surface area contributed by atoms with E-state index in [-0.39, 0.29) is 5.91 Å². The van der Waals surface area contributed by atoms with Crippen molar-refractivity contribution in [2.75, 3.05) is 11.9 Å². The van der Waals surface area contributed by atoms with E-state index in [1.807, 2.05) is 29.6 Å². The van der Waals surface area contributed by atoms with E-state index in [9.17, 15) is 4.79 Å². The molecule has 1 heterocycles. The number of benzene rings is 1. The van der Waals surface area contributed by atoms with Gasteiger partial charge in [-0.2, -0.15) is 0 Å². The zero-order chi connectivity index (χ0) is 14.2. The van der Waals surface area contributed by atoms with Crippen molar-refractivity contribution in [1.29, 1.82) is 0 Å². The van der Waals surface area contributed by atoms with Gasteiger partial charge in [0.2, 0.25) is 5.91 Å². The minimum absolute atomic E-state index is 0.154. The van der Waals surface area contributed by atoms with Crippen LogP contribution in [0.3, 0.4) is 0 Å². The normalized spacial score (nSPS) is 10.4. The summed E-state index contributed by atoms with van der Waals surface area (Å²) in [6.45, 7) is 4.05. The first kappa shape index (κ1) is 14.1. The summed E-state index contributed by atoms with van der Waals surface area (Å²) in [5.74, 6) is 0.593. The maximum atomic E-state index is 11.7.